The second kappa shape index (κ2) is 13.8. The predicted molar refractivity (Wildman–Crippen MR) is 173 cm³/mol. The van der Waals surface area contributed by atoms with Crippen LogP contribution in [0.25, 0.3) is 11.1 Å². The molecule has 11 heteroatoms. The van der Waals surface area contributed by atoms with E-state index >= 15 is 0 Å². The van der Waals surface area contributed by atoms with Gasteiger partial charge < -0.3 is 10.1 Å². The van der Waals surface area contributed by atoms with Crippen molar-refractivity contribution in [2.45, 2.75) is 48.7 Å². The largest absolute Gasteiger partial charge is 0.401 e. The zero-order valence-electron chi connectivity index (χ0n) is 23.3. The summed E-state index contributed by atoms with van der Waals surface area (Å²) in [5, 5.41) is 14.4. The van der Waals surface area contributed by atoms with Crippen LogP contribution in [-0.4, -0.2) is 50.2 Å². The highest BCUT2D eigenvalue weighted by atomic mass is 127. The SMILES string of the molecule is O=C(c1cnc(SCCCCCC2(C(O)NCC(F)(F)F)c3ccccc3-c3ccccc32)[nH]1)N(CI)c1ccccc1. The number of carbonyl (C=O) groups is 1. The number of fused-ring (bicyclic) bond motifs is 3. The molecular formula is C32H32F3IN4O2S. The van der Waals surface area contributed by atoms with Crippen LogP contribution in [0.5, 0.6) is 0 Å². The molecule has 226 valence electrons. The van der Waals surface area contributed by atoms with Gasteiger partial charge in [-0.1, -0.05) is 114 Å². The van der Waals surface area contributed by atoms with Crippen molar-refractivity contribution in [2.75, 3.05) is 21.7 Å². The summed E-state index contributed by atoms with van der Waals surface area (Å²) in [5.74, 6) is 0.602. The second-order valence-electron chi connectivity index (χ2n) is 10.4. The minimum absolute atomic E-state index is 0.153. The third kappa shape index (κ3) is 6.95. The van der Waals surface area contributed by atoms with Gasteiger partial charge in [0.05, 0.1) is 22.7 Å². The second-order valence-corrected chi connectivity index (χ2v) is 12.2. The molecule has 0 fully saturated rings. The first-order valence-electron chi connectivity index (χ1n) is 14.0. The van der Waals surface area contributed by atoms with Gasteiger partial charge in [-0.2, -0.15) is 13.2 Å². The number of halogens is 4. The number of H-pyrrole nitrogens is 1. The monoisotopic (exact) mass is 720 g/mol. The van der Waals surface area contributed by atoms with Crippen molar-refractivity contribution in [3.05, 3.63) is 102 Å². The van der Waals surface area contributed by atoms with Crippen molar-refractivity contribution >= 4 is 45.9 Å². The van der Waals surface area contributed by atoms with Crippen molar-refractivity contribution in [1.82, 2.24) is 15.3 Å². The lowest BCUT2D eigenvalue weighted by Crippen LogP contribution is -2.50. The first-order chi connectivity index (χ1) is 20.7. The topological polar surface area (TPSA) is 81.2 Å². The highest BCUT2D eigenvalue weighted by Gasteiger charge is 2.48. The van der Waals surface area contributed by atoms with E-state index in [0.717, 1.165) is 46.5 Å². The number of carbonyl (C=O) groups excluding carboxylic acids is 1. The normalized spacial score (nSPS) is 14.3. The van der Waals surface area contributed by atoms with Gasteiger partial charge in [0.25, 0.3) is 5.91 Å². The van der Waals surface area contributed by atoms with E-state index in [-0.39, 0.29) is 5.91 Å². The summed E-state index contributed by atoms with van der Waals surface area (Å²) >= 11 is 3.68. The van der Waals surface area contributed by atoms with Crippen LogP contribution >= 0.6 is 34.4 Å². The number of anilines is 1. The first-order valence-corrected chi connectivity index (χ1v) is 16.5. The van der Waals surface area contributed by atoms with E-state index in [1.54, 1.807) is 11.1 Å². The summed E-state index contributed by atoms with van der Waals surface area (Å²) in [7, 11) is 0. The molecule has 0 aliphatic heterocycles. The third-order valence-electron chi connectivity index (χ3n) is 7.74. The zero-order valence-corrected chi connectivity index (χ0v) is 26.3. The summed E-state index contributed by atoms with van der Waals surface area (Å²) < 4.78 is 39.9. The number of hydrogen-bond acceptors (Lipinski definition) is 5. The van der Waals surface area contributed by atoms with E-state index in [0.29, 0.717) is 28.2 Å². The fourth-order valence-electron chi connectivity index (χ4n) is 5.78. The number of nitrogens with zero attached hydrogens (tertiary/aromatic N) is 2. The fraction of sp³-hybridized carbons (Fsp3) is 0.312. The summed E-state index contributed by atoms with van der Waals surface area (Å²) in [4.78, 5) is 22.2. The molecule has 43 heavy (non-hydrogen) atoms. The standard InChI is InChI=1S/C32H32F3IN4O2S/c33-32(34,35)20-38-29(42)31(25-15-7-5-13-23(25)24-14-6-8-16-26(24)31)17-9-2-10-18-43-30-37-19-27(39-30)28(41)40(21-36)22-11-3-1-4-12-22/h1,3-8,11-16,19,29,38,42H,2,9-10,17-18,20-21H2,(H,37,39). The molecule has 0 radical (unpaired) electrons. The quantitative estimate of drug-likeness (QED) is 0.0332. The van der Waals surface area contributed by atoms with E-state index in [1.165, 1.54) is 11.8 Å². The Bertz CT molecular complexity index is 1490. The number of imidazole rings is 1. The van der Waals surface area contributed by atoms with Crippen LogP contribution < -0.4 is 10.2 Å². The van der Waals surface area contributed by atoms with Crippen LogP contribution in [0.3, 0.4) is 0 Å². The van der Waals surface area contributed by atoms with Crippen molar-refractivity contribution in [2.24, 2.45) is 0 Å². The number of aromatic nitrogens is 2. The molecule has 1 atom stereocenters. The van der Waals surface area contributed by atoms with Crippen LogP contribution in [0.15, 0.2) is 90.2 Å². The number of aliphatic hydroxyl groups excluding tert-OH is 1. The minimum atomic E-state index is -4.44. The molecule has 1 aliphatic rings. The van der Waals surface area contributed by atoms with Crippen molar-refractivity contribution < 1.29 is 23.1 Å². The molecule has 0 spiro atoms. The number of benzene rings is 3. The van der Waals surface area contributed by atoms with Crippen LogP contribution in [0.2, 0.25) is 0 Å². The number of aliphatic hydroxyl groups is 1. The Morgan fingerprint density at radius 3 is 2.23 bits per heavy atom. The minimum Gasteiger partial charge on any atom is -0.377 e. The molecule has 1 heterocycles. The molecule has 6 nitrogen and oxygen atoms in total. The van der Waals surface area contributed by atoms with Gasteiger partial charge in [-0.05, 0) is 47.2 Å². The number of unbranched alkanes of at least 4 members (excludes halogenated alkanes) is 2. The van der Waals surface area contributed by atoms with Crippen molar-refractivity contribution in [1.29, 1.82) is 0 Å². The van der Waals surface area contributed by atoms with Gasteiger partial charge in [0.1, 0.15) is 11.9 Å². The number of amides is 1. The number of aromatic amines is 1. The average Bonchev–Trinajstić information content (AvgIpc) is 3.60. The molecule has 1 amide bonds. The lowest BCUT2D eigenvalue weighted by molar-refractivity contribution is -0.133. The maximum absolute atomic E-state index is 13.1. The lowest BCUT2D eigenvalue weighted by atomic mass is 9.72. The number of hydrogen-bond donors (Lipinski definition) is 3. The van der Waals surface area contributed by atoms with Gasteiger partial charge in [-0.15, -0.1) is 0 Å². The van der Waals surface area contributed by atoms with E-state index in [2.05, 4.69) is 37.9 Å². The van der Waals surface area contributed by atoms with E-state index in [1.807, 2.05) is 78.9 Å². The molecule has 4 aromatic rings. The molecule has 3 N–H and O–H groups in total. The van der Waals surface area contributed by atoms with Crippen LogP contribution in [-0.2, 0) is 5.41 Å². The smallest absolute Gasteiger partial charge is 0.377 e. The molecule has 0 saturated heterocycles. The molecule has 0 bridgehead atoms. The highest BCUT2D eigenvalue weighted by Crippen LogP contribution is 2.53. The number of thioether (sulfide) groups is 1. The number of para-hydroxylation sites is 1. The molecule has 3 aromatic carbocycles. The number of alkyl halides is 4. The van der Waals surface area contributed by atoms with E-state index < -0.39 is 24.4 Å². The van der Waals surface area contributed by atoms with Gasteiger partial charge in [-0.3, -0.25) is 15.0 Å². The van der Waals surface area contributed by atoms with Gasteiger partial charge in [0, 0.05) is 11.4 Å². The zero-order chi connectivity index (χ0) is 30.5. The Morgan fingerprint density at radius 2 is 1.60 bits per heavy atom. The van der Waals surface area contributed by atoms with Gasteiger partial charge in [-0.25, -0.2) is 4.98 Å². The maximum atomic E-state index is 13.1. The Balaban J connectivity index is 1.21. The van der Waals surface area contributed by atoms with Crippen molar-refractivity contribution in [3.8, 4) is 11.1 Å². The summed E-state index contributed by atoms with van der Waals surface area (Å²) in [6.45, 7) is -1.27. The van der Waals surface area contributed by atoms with E-state index in [4.69, 9.17) is 0 Å². The predicted octanol–water partition coefficient (Wildman–Crippen LogP) is 7.54. The third-order valence-corrected chi connectivity index (χ3v) is 9.39. The molecule has 1 aromatic heterocycles. The Hall–Kier alpha value is -2.87. The molecular weight excluding hydrogens is 688 g/mol. The molecule has 5 rings (SSSR count). The molecule has 1 aliphatic carbocycles. The molecule has 0 saturated carbocycles. The molecule has 1 unspecified atom stereocenters. The number of rotatable bonds is 13. The van der Waals surface area contributed by atoms with Gasteiger partial charge in [0.15, 0.2) is 5.16 Å². The Morgan fingerprint density at radius 1 is 0.977 bits per heavy atom. The summed E-state index contributed by atoms with van der Waals surface area (Å²) in [6, 6.07) is 24.8. The van der Waals surface area contributed by atoms with Gasteiger partial charge in [0.2, 0.25) is 0 Å². The average molecular weight is 721 g/mol. The Labute approximate surface area is 266 Å². The van der Waals surface area contributed by atoms with Crippen LogP contribution in [0.1, 0.15) is 47.3 Å². The van der Waals surface area contributed by atoms with E-state index in [9.17, 15) is 23.1 Å². The summed E-state index contributed by atoms with van der Waals surface area (Å²) in [5.41, 5.74) is 3.81. The van der Waals surface area contributed by atoms with Crippen LogP contribution in [0.4, 0.5) is 18.9 Å². The highest BCUT2D eigenvalue weighted by molar-refractivity contribution is 14.1. The van der Waals surface area contributed by atoms with Gasteiger partial charge >= 0.3 is 6.18 Å². The van der Waals surface area contributed by atoms with Crippen molar-refractivity contribution in [3.63, 3.8) is 0 Å². The summed E-state index contributed by atoms with van der Waals surface area (Å²) in [6.07, 6.45) is -1.45. The van der Waals surface area contributed by atoms with Crippen LogP contribution in [0, 0.1) is 0 Å². The Kier molecular flexibility index (Phi) is 10.2. The fourth-order valence-corrected chi connectivity index (χ4v) is 7.33. The lowest BCUT2D eigenvalue weighted by Gasteiger charge is -2.37. The maximum Gasteiger partial charge on any atom is 0.401 e. The number of nitrogens with one attached hydrogen (secondary N) is 2. The first kappa shape index (κ1) is 31.6.